The standard InChI is InChI=1S/C16H19N5O/c22-16(20-7-5-13-2-3-14(10-20)19-13)12-1-4-15(18-9-12)21-8-6-17-11-21/h1,4,6,8-9,11,13-14,19H,2-3,5,7,10H2. The zero-order valence-corrected chi connectivity index (χ0v) is 12.4. The van der Waals surface area contributed by atoms with Gasteiger partial charge in [0.05, 0.1) is 5.56 Å². The van der Waals surface area contributed by atoms with Crippen LogP contribution in [0.15, 0.2) is 37.1 Å². The molecular formula is C16H19N5O. The second kappa shape index (κ2) is 5.53. The lowest BCUT2D eigenvalue weighted by molar-refractivity contribution is 0.0748. The zero-order valence-electron chi connectivity index (χ0n) is 12.4. The molecule has 2 bridgehead atoms. The Bertz CT molecular complexity index is 652. The number of hydrogen-bond acceptors (Lipinski definition) is 4. The van der Waals surface area contributed by atoms with E-state index < -0.39 is 0 Å². The number of hydrogen-bond donors (Lipinski definition) is 1. The number of rotatable bonds is 2. The van der Waals surface area contributed by atoms with Gasteiger partial charge in [-0.05, 0) is 31.4 Å². The molecule has 2 atom stereocenters. The first kappa shape index (κ1) is 13.5. The van der Waals surface area contributed by atoms with Gasteiger partial charge in [-0.25, -0.2) is 9.97 Å². The molecule has 1 N–H and O–H groups in total. The molecular weight excluding hydrogens is 278 g/mol. The summed E-state index contributed by atoms with van der Waals surface area (Å²) in [5.74, 6) is 0.852. The molecule has 1 amide bonds. The van der Waals surface area contributed by atoms with Gasteiger partial charge in [-0.3, -0.25) is 9.36 Å². The molecule has 2 aliphatic rings. The molecule has 0 radical (unpaired) electrons. The average molecular weight is 297 g/mol. The van der Waals surface area contributed by atoms with Gasteiger partial charge in [0.15, 0.2) is 0 Å². The molecule has 6 nitrogen and oxygen atoms in total. The third kappa shape index (κ3) is 2.50. The summed E-state index contributed by atoms with van der Waals surface area (Å²) >= 11 is 0. The second-order valence-corrected chi connectivity index (χ2v) is 6.05. The third-order valence-electron chi connectivity index (χ3n) is 4.57. The lowest BCUT2D eigenvalue weighted by Gasteiger charge is -2.24. The van der Waals surface area contributed by atoms with Crippen molar-refractivity contribution in [3.63, 3.8) is 0 Å². The first-order valence-corrected chi connectivity index (χ1v) is 7.79. The summed E-state index contributed by atoms with van der Waals surface area (Å²) in [4.78, 5) is 23.0. The van der Waals surface area contributed by atoms with Crippen molar-refractivity contribution in [1.82, 2.24) is 24.8 Å². The van der Waals surface area contributed by atoms with Crippen molar-refractivity contribution < 1.29 is 4.79 Å². The average Bonchev–Trinajstić information content (AvgIpc) is 3.17. The molecule has 2 unspecified atom stereocenters. The molecule has 0 aliphatic carbocycles. The summed E-state index contributed by atoms with van der Waals surface area (Å²) < 4.78 is 1.82. The number of nitrogens with one attached hydrogen (secondary N) is 1. The molecule has 6 heteroatoms. The number of fused-ring (bicyclic) bond motifs is 2. The Labute approximate surface area is 129 Å². The van der Waals surface area contributed by atoms with Crippen LogP contribution in [0.3, 0.4) is 0 Å². The van der Waals surface area contributed by atoms with Crippen LogP contribution in [0.25, 0.3) is 5.82 Å². The van der Waals surface area contributed by atoms with E-state index in [0.29, 0.717) is 17.6 Å². The normalized spacial score (nSPS) is 24.3. The predicted molar refractivity (Wildman–Crippen MR) is 81.8 cm³/mol. The van der Waals surface area contributed by atoms with Crippen LogP contribution in [0.2, 0.25) is 0 Å². The fourth-order valence-corrected chi connectivity index (χ4v) is 3.37. The first-order valence-electron chi connectivity index (χ1n) is 7.79. The van der Waals surface area contributed by atoms with E-state index in [1.54, 1.807) is 18.7 Å². The molecule has 2 aliphatic heterocycles. The molecule has 2 aromatic rings. The molecule has 0 spiro atoms. The minimum absolute atomic E-state index is 0.0824. The van der Waals surface area contributed by atoms with E-state index in [0.717, 1.165) is 25.3 Å². The molecule has 2 saturated heterocycles. The fourth-order valence-electron chi connectivity index (χ4n) is 3.37. The van der Waals surface area contributed by atoms with Gasteiger partial charge in [-0.1, -0.05) is 0 Å². The van der Waals surface area contributed by atoms with Crippen molar-refractivity contribution >= 4 is 5.91 Å². The van der Waals surface area contributed by atoms with E-state index in [2.05, 4.69) is 15.3 Å². The fraction of sp³-hybridized carbons (Fsp3) is 0.438. The van der Waals surface area contributed by atoms with Gasteiger partial charge >= 0.3 is 0 Å². The molecule has 22 heavy (non-hydrogen) atoms. The summed E-state index contributed by atoms with van der Waals surface area (Å²) in [6.07, 6.45) is 10.4. The summed E-state index contributed by atoms with van der Waals surface area (Å²) in [6.45, 7) is 1.63. The van der Waals surface area contributed by atoms with Crippen LogP contribution in [-0.2, 0) is 0 Å². The third-order valence-corrected chi connectivity index (χ3v) is 4.57. The van der Waals surface area contributed by atoms with Gasteiger partial charge in [-0.2, -0.15) is 0 Å². The number of carbonyl (C=O) groups is 1. The van der Waals surface area contributed by atoms with Crippen LogP contribution in [0.4, 0.5) is 0 Å². The van der Waals surface area contributed by atoms with Crippen molar-refractivity contribution in [3.05, 3.63) is 42.6 Å². The summed E-state index contributed by atoms with van der Waals surface area (Å²) in [5, 5.41) is 3.60. The van der Waals surface area contributed by atoms with Crippen LogP contribution in [-0.4, -0.2) is 50.5 Å². The van der Waals surface area contributed by atoms with E-state index in [-0.39, 0.29) is 5.91 Å². The van der Waals surface area contributed by atoms with Crippen molar-refractivity contribution in [3.8, 4) is 5.82 Å². The Morgan fingerprint density at radius 1 is 1.23 bits per heavy atom. The number of amides is 1. The van der Waals surface area contributed by atoms with Crippen molar-refractivity contribution in [2.45, 2.75) is 31.3 Å². The van der Waals surface area contributed by atoms with Gasteiger partial charge in [0.2, 0.25) is 0 Å². The van der Waals surface area contributed by atoms with Crippen molar-refractivity contribution in [2.24, 2.45) is 0 Å². The quantitative estimate of drug-likeness (QED) is 0.906. The van der Waals surface area contributed by atoms with E-state index >= 15 is 0 Å². The van der Waals surface area contributed by atoms with Gasteiger partial charge in [0.25, 0.3) is 5.91 Å². The summed E-state index contributed by atoms with van der Waals surface area (Å²) in [7, 11) is 0. The van der Waals surface area contributed by atoms with E-state index in [9.17, 15) is 4.79 Å². The minimum Gasteiger partial charge on any atom is -0.337 e. The van der Waals surface area contributed by atoms with Gasteiger partial charge in [0.1, 0.15) is 12.1 Å². The largest absolute Gasteiger partial charge is 0.337 e. The van der Waals surface area contributed by atoms with Crippen LogP contribution in [0.1, 0.15) is 29.6 Å². The highest BCUT2D eigenvalue weighted by Gasteiger charge is 2.31. The number of imidazole rings is 1. The second-order valence-electron chi connectivity index (χ2n) is 6.05. The van der Waals surface area contributed by atoms with Crippen LogP contribution >= 0.6 is 0 Å². The smallest absolute Gasteiger partial charge is 0.255 e. The highest BCUT2D eigenvalue weighted by Crippen LogP contribution is 2.21. The molecule has 4 heterocycles. The van der Waals surface area contributed by atoms with Crippen LogP contribution in [0, 0.1) is 0 Å². The molecule has 114 valence electrons. The van der Waals surface area contributed by atoms with E-state index in [1.807, 2.05) is 27.8 Å². The SMILES string of the molecule is O=C(c1ccc(-n2ccnc2)nc1)N1CCC2CCC(C1)N2. The Balaban J connectivity index is 1.50. The number of nitrogens with zero attached hydrogens (tertiary/aromatic N) is 4. The Morgan fingerprint density at radius 3 is 2.91 bits per heavy atom. The number of carbonyl (C=O) groups excluding carboxylic acids is 1. The lowest BCUT2D eigenvalue weighted by Crippen LogP contribution is -2.39. The zero-order chi connectivity index (χ0) is 14.9. The maximum Gasteiger partial charge on any atom is 0.255 e. The lowest BCUT2D eigenvalue weighted by atomic mass is 10.1. The monoisotopic (exact) mass is 297 g/mol. The Morgan fingerprint density at radius 2 is 2.14 bits per heavy atom. The number of likely N-dealkylation sites (tertiary alicyclic amines) is 1. The Hall–Kier alpha value is -2.21. The molecule has 4 rings (SSSR count). The highest BCUT2D eigenvalue weighted by atomic mass is 16.2. The summed E-state index contributed by atoms with van der Waals surface area (Å²) in [6, 6.07) is 4.75. The van der Waals surface area contributed by atoms with Gasteiger partial charge in [0, 0.05) is 43.8 Å². The predicted octanol–water partition coefficient (Wildman–Crippen LogP) is 1.23. The van der Waals surface area contributed by atoms with Crippen molar-refractivity contribution in [2.75, 3.05) is 13.1 Å². The van der Waals surface area contributed by atoms with E-state index in [4.69, 9.17) is 0 Å². The molecule has 0 aromatic carbocycles. The van der Waals surface area contributed by atoms with Gasteiger partial charge in [-0.15, -0.1) is 0 Å². The number of aromatic nitrogens is 3. The maximum absolute atomic E-state index is 12.7. The molecule has 0 saturated carbocycles. The van der Waals surface area contributed by atoms with Crippen LogP contribution in [0.5, 0.6) is 0 Å². The molecule has 2 fully saturated rings. The topological polar surface area (TPSA) is 63.1 Å². The first-order chi connectivity index (χ1) is 10.8. The number of pyridine rings is 1. The highest BCUT2D eigenvalue weighted by molar-refractivity contribution is 5.94. The minimum atomic E-state index is 0.0824. The van der Waals surface area contributed by atoms with Crippen molar-refractivity contribution in [1.29, 1.82) is 0 Å². The van der Waals surface area contributed by atoms with Crippen LogP contribution < -0.4 is 5.32 Å². The molecule has 2 aromatic heterocycles. The van der Waals surface area contributed by atoms with Gasteiger partial charge < -0.3 is 10.2 Å². The summed E-state index contributed by atoms with van der Waals surface area (Å²) in [5.41, 5.74) is 0.654. The Kier molecular flexibility index (Phi) is 3.38. The maximum atomic E-state index is 12.7. The van der Waals surface area contributed by atoms with E-state index in [1.165, 1.54) is 12.8 Å².